The van der Waals surface area contributed by atoms with Crippen LogP contribution in [0.4, 0.5) is 0 Å². The molecule has 0 spiro atoms. The van der Waals surface area contributed by atoms with Crippen LogP contribution in [-0.2, 0) is 4.79 Å². The second-order valence-electron chi connectivity index (χ2n) is 4.89. The Morgan fingerprint density at radius 3 is 2.40 bits per heavy atom. The molecule has 0 radical (unpaired) electrons. The number of halogens is 1. The number of nitrogens with zero attached hydrogens (tertiary/aromatic N) is 2. The molecule has 0 saturated heterocycles. The minimum Gasteiger partial charge on any atom is -0.480 e. The van der Waals surface area contributed by atoms with Crippen molar-refractivity contribution in [2.24, 2.45) is 0 Å². The number of likely N-dealkylation sites (N-methyl/N-ethyl adjacent to an activating group) is 1. The van der Waals surface area contributed by atoms with Gasteiger partial charge in [0.15, 0.2) is 0 Å². The van der Waals surface area contributed by atoms with Gasteiger partial charge >= 0.3 is 5.97 Å². The predicted octanol–water partition coefficient (Wildman–Crippen LogP) is 1.74. The number of benzene rings is 1. The van der Waals surface area contributed by atoms with Crippen LogP contribution in [0.2, 0.25) is 5.02 Å². The van der Waals surface area contributed by atoms with E-state index in [0.717, 1.165) is 5.56 Å². The van der Waals surface area contributed by atoms with Crippen molar-refractivity contribution < 1.29 is 14.7 Å². The molecule has 1 N–H and O–H groups in total. The van der Waals surface area contributed by atoms with Gasteiger partial charge < -0.3 is 14.9 Å². The van der Waals surface area contributed by atoms with Crippen LogP contribution in [0.25, 0.3) is 0 Å². The van der Waals surface area contributed by atoms with Crippen molar-refractivity contribution >= 4 is 23.5 Å². The lowest BCUT2D eigenvalue weighted by molar-refractivity contribution is -0.137. The lowest BCUT2D eigenvalue weighted by Gasteiger charge is -2.23. The summed E-state index contributed by atoms with van der Waals surface area (Å²) in [4.78, 5) is 26.4. The summed E-state index contributed by atoms with van der Waals surface area (Å²) in [5.41, 5.74) is 1.28. The van der Waals surface area contributed by atoms with E-state index >= 15 is 0 Å². The van der Waals surface area contributed by atoms with Gasteiger partial charge in [-0.2, -0.15) is 0 Å². The molecule has 0 aliphatic rings. The Hall–Kier alpha value is -1.59. The summed E-state index contributed by atoms with van der Waals surface area (Å²) >= 11 is 6.00. The summed E-state index contributed by atoms with van der Waals surface area (Å²) in [5.74, 6) is -1.36. The standard InChI is InChI=1S/C14H19ClN2O3/c1-10-4-5-11(8-12(10)15)14(20)17(9-13(18)19)7-6-16(2)3/h4-5,8H,6-7,9H2,1-3H3,(H,18,19). The minimum absolute atomic E-state index is 0.321. The van der Waals surface area contributed by atoms with E-state index < -0.39 is 5.97 Å². The van der Waals surface area contributed by atoms with Crippen LogP contribution in [0.5, 0.6) is 0 Å². The maximum Gasteiger partial charge on any atom is 0.323 e. The summed E-state index contributed by atoms with van der Waals surface area (Å²) in [7, 11) is 3.73. The first-order valence-corrected chi connectivity index (χ1v) is 6.61. The first kappa shape index (κ1) is 16.5. The van der Waals surface area contributed by atoms with Crippen molar-refractivity contribution in [1.29, 1.82) is 0 Å². The van der Waals surface area contributed by atoms with Gasteiger partial charge in [0, 0.05) is 23.7 Å². The van der Waals surface area contributed by atoms with E-state index in [9.17, 15) is 9.59 Å². The van der Waals surface area contributed by atoms with Crippen molar-refractivity contribution in [3.63, 3.8) is 0 Å². The Labute approximate surface area is 123 Å². The molecular weight excluding hydrogens is 280 g/mol. The average molecular weight is 299 g/mol. The van der Waals surface area contributed by atoms with Gasteiger partial charge in [0.2, 0.25) is 0 Å². The van der Waals surface area contributed by atoms with Gasteiger partial charge in [0.05, 0.1) is 0 Å². The molecule has 5 nitrogen and oxygen atoms in total. The normalized spacial score (nSPS) is 10.7. The Balaban J connectivity index is 2.90. The molecule has 0 aliphatic carbocycles. The van der Waals surface area contributed by atoms with Gasteiger partial charge in [-0.15, -0.1) is 0 Å². The monoisotopic (exact) mass is 298 g/mol. The van der Waals surface area contributed by atoms with Crippen LogP contribution < -0.4 is 0 Å². The van der Waals surface area contributed by atoms with Crippen molar-refractivity contribution in [3.8, 4) is 0 Å². The largest absolute Gasteiger partial charge is 0.480 e. The van der Waals surface area contributed by atoms with Crippen molar-refractivity contribution in [2.75, 3.05) is 33.7 Å². The zero-order valence-electron chi connectivity index (χ0n) is 11.9. The van der Waals surface area contributed by atoms with E-state index in [0.29, 0.717) is 23.7 Å². The third-order valence-corrected chi connectivity index (χ3v) is 3.26. The van der Waals surface area contributed by atoms with Gasteiger partial charge in [-0.1, -0.05) is 17.7 Å². The second-order valence-corrected chi connectivity index (χ2v) is 5.29. The summed E-state index contributed by atoms with van der Waals surface area (Å²) in [6, 6.07) is 4.98. The first-order valence-electron chi connectivity index (χ1n) is 6.23. The molecule has 1 amide bonds. The number of hydrogen-bond acceptors (Lipinski definition) is 3. The molecule has 0 saturated carbocycles. The predicted molar refractivity (Wildman–Crippen MR) is 78.3 cm³/mol. The molecule has 0 fully saturated rings. The topological polar surface area (TPSA) is 60.9 Å². The van der Waals surface area contributed by atoms with Crippen LogP contribution in [0.3, 0.4) is 0 Å². The highest BCUT2D eigenvalue weighted by Gasteiger charge is 2.19. The summed E-state index contributed by atoms with van der Waals surface area (Å²) in [6.07, 6.45) is 0. The Morgan fingerprint density at radius 1 is 1.25 bits per heavy atom. The Kier molecular flexibility index (Phi) is 5.98. The minimum atomic E-state index is -1.03. The highest BCUT2D eigenvalue weighted by molar-refractivity contribution is 6.31. The van der Waals surface area contributed by atoms with Gasteiger partial charge in [0.25, 0.3) is 5.91 Å². The third kappa shape index (κ3) is 4.83. The smallest absolute Gasteiger partial charge is 0.323 e. The van der Waals surface area contributed by atoms with Crippen molar-refractivity contribution in [3.05, 3.63) is 34.3 Å². The Bertz CT molecular complexity index is 503. The number of aliphatic carboxylic acids is 1. The lowest BCUT2D eigenvalue weighted by atomic mass is 10.1. The fraction of sp³-hybridized carbons (Fsp3) is 0.429. The molecule has 0 heterocycles. The van der Waals surface area contributed by atoms with Crippen LogP contribution in [0.1, 0.15) is 15.9 Å². The van der Waals surface area contributed by atoms with Crippen LogP contribution in [-0.4, -0.2) is 60.5 Å². The molecule has 6 heteroatoms. The maximum atomic E-state index is 12.3. The zero-order valence-corrected chi connectivity index (χ0v) is 12.6. The molecule has 1 rings (SSSR count). The SMILES string of the molecule is Cc1ccc(C(=O)N(CCN(C)C)CC(=O)O)cc1Cl. The van der Waals surface area contributed by atoms with Gasteiger partial charge in [-0.05, 0) is 38.7 Å². The molecule has 0 atom stereocenters. The number of carbonyl (C=O) groups excluding carboxylic acids is 1. The number of hydrogen-bond donors (Lipinski definition) is 1. The fourth-order valence-corrected chi connectivity index (χ4v) is 1.83. The Morgan fingerprint density at radius 2 is 1.90 bits per heavy atom. The fourth-order valence-electron chi connectivity index (χ4n) is 1.64. The van der Waals surface area contributed by atoms with Crippen LogP contribution >= 0.6 is 11.6 Å². The molecular formula is C14H19ClN2O3. The van der Waals surface area contributed by atoms with Gasteiger partial charge in [0.1, 0.15) is 6.54 Å². The molecule has 110 valence electrons. The summed E-state index contributed by atoms with van der Waals surface area (Å²) < 4.78 is 0. The van der Waals surface area contributed by atoms with Gasteiger partial charge in [-0.25, -0.2) is 0 Å². The third-order valence-electron chi connectivity index (χ3n) is 2.85. The number of carbonyl (C=O) groups is 2. The molecule has 0 bridgehead atoms. The van der Waals surface area contributed by atoms with E-state index in [1.165, 1.54) is 4.90 Å². The lowest BCUT2D eigenvalue weighted by Crippen LogP contribution is -2.40. The molecule has 0 aromatic heterocycles. The molecule has 0 aliphatic heterocycles. The van der Waals surface area contributed by atoms with Gasteiger partial charge in [-0.3, -0.25) is 9.59 Å². The summed E-state index contributed by atoms with van der Waals surface area (Å²) in [5, 5.41) is 9.41. The number of carboxylic acid groups (broad SMARTS) is 1. The number of rotatable bonds is 6. The molecule has 1 aromatic carbocycles. The average Bonchev–Trinajstić information content (AvgIpc) is 2.36. The second kappa shape index (κ2) is 7.26. The zero-order chi connectivity index (χ0) is 15.3. The first-order chi connectivity index (χ1) is 9.31. The van der Waals surface area contributed by atoms with Crippen LogP contribution in [0.15, 0.2) is 18.2 Å². The number of carboxylic acids is 1. The highest BCUT2D eigenvalue weighted by atomic mass is 35.5. The van der Waals surface area contributed by atoms with E-state index in [1.54, 1.807) is 18.2 Å². The molecule has 0 unspecified atom stereocenters. The van der Waals surface area contributed by atoms with Crippen molar-refractivity contribution in [1.82, 2.24) is 9.80 Å². The van der Waals surface area contributed by atoms with Crippen molar-refractivity contribution in [2.45, 2.75) is 6.92 Å². The van der Waals surface area contributed by atoms with E-state index in [1.807, 2.05) is 25.9 Å². The number of amides is 1. The molecule has 20 heavy (non-hydrogen) atoms. The highest BCUT2D eigenvalue weighted by Crippen LogP contribution is 2.17. The summed E-state index contributed by atoms with van der Waals surface area (Å²) in [6.45, 7) is 2.47. The van der Waals surface area contributed by atoms with Crippen LogP contribution in [0, 0.1) is 6.92 Å². The number of aryl methyl sites for hydroxylation is 1. The van der Waals surface area contributed by atoms with E-state index in [2.05, 4.69) is 0 Å². The molecule has 1 aromatic rings. The van der Waals surface area contributed by atoms with E-state index in [4.69, 9.17) is 16.7 Å². The quantitative estimate of drug-likeness (QED) is 0.869. The van der Waals surface area contributed by atoms with E-state index in [-0.39, 0.29) is 12.5 Å². The maximum absolute atomic E-state index is 12.3.